The van der Waals surface area contributed by atoms with Crippen LogP contribution in [0.15, 0.2) is 0 Å². The van der Waals surface area contributed by atoms with Crippen molar-refractivity contribution in [3.8, 4) is 0 Å². The smallest absolute Gasteiger partial charge is 0.0574 e. The van der Waals surface area contributed by atoms with Crippen LogP contribution >= 0.6 is 0 Å². The van der Waals surface area contributed by atoms with E-state index >= 15 is 0 Å². The van der Waals surface area contributed by atoms with Gasteiger partial charge in [-0.05, 0) is 54.8 Å². The molecule has 3 aliphatic rings. The van der Waals surface area contributed by atoms with E-state index in [0.717, 1.165) is 36.0 Å². The Morgan fingerprint density at radius 1 is 0.923 bits per heavy atom. The maximum atomic E-state index is 9.93. The molecule has 0 aromatic rings. The first-order valence-corrected chi connectivity index (χ1v) is 5.88. The molecule has 1 N–H and O–H groups in total. The van der Waals surface area contributed by atoms with Crippen LogP contribution < -0.4 is 0 Å². The fraction of sp³-hybridized carbons (Fsp3) is 1.00. The fourth-order valence-corrected chi connectivity index (χ4v) is 4.73. The molecular weight excluding hydrogens is 160 g/mol. The highest BCUT2D eigenvalue weighted by Gasteiger charge is 2.58. The van der Waals surface area contributed by atoms with E-state index in [-0.39, 0.29) is 6.10 Å². The zero-order valence-corrected chi connectivity index (χ0v) is 8.61. The first-order chi connectivity index (χ1) is 6.20. The maximum Gasteiger partial charge on any atom is 0.0574 e. The molecular formula is C12H20O. The van der Waals surface area contributed by atoms with Gasteiger partial charge in [-0.3, -0.25) is 0 Å². The lowest BCUT2D eigenvalue weighted by molar-refractivity contribution is 0.0490. The first kappa shape index (κ1) is 8.28. The summed E-state index contributed by atoms with van der Waals surface area (Å²) in [7, 11) is 0. The third-order valence-corrected chi connectivity index (χ3v) is 5.50. The zero-order chi connectivity index (χ0) is 9.16. The van der Waals surface area contributed by atoms with E-state index in [9.17, 15) is 5.11 Å². The Bertz CT molecular complexity index is 225. The lowest BCUT2D eigenvalue weighted by atomic mass is 9.70. The maximum absolute atomic E-state index is 9.93. The standard InChI is InChI=1S/C12H20O/c1-6-7(2)10-5-9(6)8-3-4-11(13)12(8)10/h6-13H,3-5H2,1-2H3. The second-order valence-electron chi connectivity index (χ2n) is 5.67. The van der Waals surface area contributed by atoms with Crippen molar-refractivity contribution in [2.75, 3.05) is 0 Å². The monoisotopic (exact) mass is 180 g/mol. The van der Waals surface area contributed by atoms with Gasteiger partial charge in [-0.15, -0.1) is 0 Å². The highest BCUT2D eigenvalue weighted by Crippen LogP contribution is 2.62. The fourth-order valence-electron chi connectivity index (χ4n) is 4.73. The van der Waals surface area contributed by atoms with Crippen LogP contribution in [0.1, 0.15) is 33.1 Å². The predicted octanol–water partition coefficient (Wildman–Crippen LogP) is 2.30. The second kappa shape index (κ2) is 2.50. The van der Waals surface area contributed by atoms with E-state index in [0.29, 0.717) is 5.92 Å². The molecule has 7 atom stereocenters. The molecule has 3 aliphatic carbocycles. The highest BCUT2D eigenvalue weighted by atomic mass is 16.3. The number of aliphatic hydroxyl groups is 1. The molecule has 7 unspecified atom stereocenters. The topological polar surface area (TPSA) is 20.2 Å². The normalized spacial score (nSPS) is 64.4. The summed E-state index contributed by atoms with van der Waals surface area (Å²) in [5, 5.41) is 9.93. The van der Waals surface area contributed by atoms with E-state index in [2.05, 4.69) is 13.8 Å². The molecule has 0 aromatic heterocycles. The first-order valence-electron chi connectivity index (χ1n) is 5.88. The highest BCUT2D eigenvalue weighted by molar-refractivity contribution is 5.07. The molecule has 1 heteroatoms. The Morgan fingerprint density at radius 3 is 2.38 bits per heavy atom. The van der Waals surface area contributed by atoms with Crippen molar-refractivity contribution in [3.63, 3.8) is 0 Å². The number of aliphatic hydroxyl groups excluding tert-OH is 1. The molecule has 0 amide bonds. The SMILES string of the molecule is CC1C(C)C2CC1C1CCC(O)C21. The van der Waals surface area contributed by atoms with Crippen LogP contribution in [0.3, 0.4) is 0 Å². The Hall–Kier alpha value is -0.0400. The van der Waals surface area contributed by atoms with E-state index in [4.69, 9.17) is 0 Å². The van der Waals surface area contributed by atoms with Crippen LogP contribution in [0.25, 0.3) is 0 Å². The minimum absolute atomic E-state index is 0.0509. The van der Waals surface area contributed by atoms with Gasteiger partial charge in [-0.25, -0.2) is 0 Å². The van der Waals surface area contributed by atoms with Crippen LogP contribution in [0.5, 0.6) is 0 Å². The van der Waals surface area contributed by atoms with Gasteiger partial charge in [0.2, 0.25) is 0 Å². The summed E-state index contributed by atoms with van der Waals surface area (Å²) in [5.41, 5.74) is 0. The van der Waals surface area contributed by atoms with Crippen molar-refractivity contribution in [2.24, 2.45) is 35.5 Å². The van der Waals surface area contributed by atoms with Crippen molar-refractivity contribution >= 4 is 0 Å². The Morgan fingerprint density at radius 2 is 1.62 bits per heavy atom. The largest absolute Gasteiger partial charge is 0.393 e. The number of fused-ring (bicyclic) bond motifs is 5. The van der Waals surface area contributed by atoms with Gasteiger partial charge in [-0.2, -0.15) is 0 Å². The van der Waals surface area contributed by atoms with Crippen molar-refractivity contribution < 1.29 is 5.11 Å². The average molecular weight is 180 g/mol. The molecule has 1 nitrogen and oxygen atoms in total. The molecule has 0 radical (unpaired) electrons. The van der Waals surface area contributed by atoms with Gasteiger partial charge in [0.15, 0.2) is 0 Å². The summed E-state index contributed by atoms with van der Waals surface area (Å²) in [4.78, 5) is 0. The summed E-state index contributed by atoms with van der Waals surface area (Å²) in [5.74, 6) is 5.21. The van der Waals surface area contributed by atoms with Crippen molar-refractivity contribution in [2.45, 2.75) is 39.2 Å². The lowest BCUT2D eigenvalue weighted by Crippen LogP contribution is -2.33. The molecule has 3 fully saturated rings. The van der Waals surface area contributed by atoms with E-state index in [1.165, 1.54) is 12.8 Å². The molecule has 0 aliphatic heterocycles. The van der Waals surface area contributed by atoms with E-state index in [1.807, 2.05) is 0 Å². The Balaban J connectivity index is 1.92. The van der Waals surface area contributed by atoms with Crippen LogP contribution in [-0.2, 0) is 0 Å². The summed E-state index contributed by atoms with van der Waals surface area (Å²) < 4.78 is 0. The van der Waals surface area contributed by atoms with Gasteiger partial charge in [0, 0.05) is 0 Å². The summed E-state index contributed by atoms with van der Waals surface area (Å²) in [6.45, 7) is 4.83. The lowest BCUT2D eigenvalue weighted by Gasteiger charge is -2.35. The van der Waals surface area contributed by atoms with Crippen LogP contribution in [0, 0.1) is 35.5 Å². The molecule has 0 heterocycles. The van der Waals surface area contributed by atoms with Crippen molar-refractivity contribution in [3.05, 3.63) is 0 Å². The van der Waals surface area contributed by atoms with Crippen LogP contribution in [-0.4, -0.2) is 11.2 Å². The van der Waals surface area contributed by atoms with Gasteiger partial charge in [-0.1, -0.05) is 13.8 Å². The number of hydrogen-bond donors (Lipinski definition) is 1. The molecule has 3 rings (SSSR count). The summed E-state index contributed by atoms with van der Waals surface area (Å²) in [6.07, 6.45) is 3.87. The van der Waals surface area contributed by atoms with Crippen LogP contribution in [0.2, 0.25) is 0 Å². The van der Waals surface area contributed by atoms with Crippen molar-refractivity contribution in [1.82, 2.24) is 0 Å². The van der Waals surface area contributed by atoms with Gasteiger partial charge in [0.25, 0.3) is 0 Å². The molecule has 2 bridgehead atoms. The quantitative estimate of drug-likeness (QED) is 0.606. The zero-order valence-electron chi connectivity index (χ0n) is 8.61. The molecule has 0 saturated heterocycles. The van der Waals surface area contributed by atoms with Crippen molar-refractivity contribution in [1.29, 1.82) is 0 Å². The third kappa shape index (κ3) is 0.869. The Kier molecular flexibility index (Phi) is 1.59. The van der Waals surface area contributed by atoms with Gasteiger partial charge in [0.05, 0.1) is 6.10 Å². The van der Waals surface area contributed by atoms with Gasteiger partial charge in [0.1, 0.15) is 0 Å². The van der Waals surface area contributed by atoms with E-state index < -0.39 is 0 Å². The van der Waals surface area contributed by atoms with Crippen LogP contribution in [0.4, 0.5) is 0 Å². The molecule has 13 heavy (non-hydrogen) atoms. The van der Waals surface area contributed by atoms with E-state index in [1.54, 1.807) is 0 Å². The van der Waals surface area contributed by atoms with Gasteiger partial charge >= 0.3 is 0 Å². The molecule has 74 valence electrons. The average Bonchev–Trinajstić information content (AvgIpc) is 2.70. The summed E-state index contributed by atoms with van der Waals surface area (Å²) >= 11 is 0. The number of rotatable bonds is 0. The summed E-state index contributed by atoms with van der Waals surface area (Å²) in [6, 6.07) is 0. The number of hydrogen-bond acceptors (Lipinski definition) is 1. The second-order valence-corrected chi connectivity index (χ2v) is 5.67. The van der Waals surface area contributed by atoms with Gasteiger partial charge < -0.3 is 5.11 Å². The predicted molar refractivity (Wildman–Crippen MR) is 52.1 cm³/mol. The Labute approximate surface area is 80.5 Å². The molecule has 0 spiro atoms. The molecule has 3 saturated carbocycles. The third-order valence-electron chi connectivity index (χ3n) is 5.50. The molecule has 0 aromatic carbocycles. The minimum atomic E-state index is 0.0509. The minimum Gasteiger partial charge on any atom is -0.393 e.